The molecule has 0 heterocycles. The van der Waals surface area contributed by atoms with Crippen molar-refractivity contribution in [3.05, 3.63) is 16.9 Å². The minimum absolute atomic E-state index is 0.0124. The van der Waals surface area contributed by atoms with Gasteiger partial charge in [0.15, 0.2) is 5.82 Å². The van der Waals surface area contributed by atoms with Gasteiger partial charge in [-0.05, 0) is 18.4 Å². The molecule has 18 heavy (non-hydrogen) atoms. The van der Waals surface area contributed by atoms with Crippen LogP contribution in [0, 0.1) is 11.2 Å². The molecule has 0 aromatic heterocycles. The van der Waals surface area contributed by atoms with Crippen molar-refractivity contribution < 1.29 is 4.39 Å². The van der Waals surface area contributed by atoms with Crippen molar-refractivity contribution in [2.45, 2.75) is 33.7 Å². The summed E-state index contributed by atoms with van der Waals surface area (Å²) in [7, 11) is 1.80. The Morgan fingerprint density at radius 3 is 2.22 bits per heavy atom. The number of anilines is 3. The monoisotopic (exact) mass is 273 g/mol. The summed E-state index contributed by atoms with van der Waals surface area (Å²) in [6.07, 6.45) is 0. The Morgan fingerprint density at radius 1 is 1.28 bits per heavy atom. The fourth-order valence-corrected chi connectivity index (χ4v) is 1.93. The van der Waals surface area contributed by atoms with Crippen LogP contribution in [-0.2, 0) is 0 Å². The third-order valence-electron chi connectivity index (χ3n) is 3.43. The molecule has 0 aliphatic rings. The zero-order valence-electron chi connectivity index (χ0n) is 11.5. The van der Waals surface area contributed by atoms with Gasteiger partial charge in [0, 0.05) is 13.1 Å². The zero-order chi connectivity index (χ0) is 14.2. The summed E-state index contributed by atoms with van der Waals surface area (Å²) in [5.41, 5.74) is 12.2. The third kappa shape index (κ3) is 2.64. The first kappa shape index (κ1) is 14.9. The third-order valence-corrected chi connectivity index (χ3v) is 3.81. The molecule has 1 rings (SSSR count). The van der Waals surface area contributed by atoms with Crippen molar-refractivity contribution in [1.29, 1.82) is 0 Å². The van der Waals surface area contributed by atoms with E-state index in [1.807, 2.05) is 6.92 Å². The molecule has 1 aromatic carbocycles. The Morgan fingerprint density at radius 2 is 1.78 bits per heavy atom. The molecular formula is C13H21ClFN3. The summed E-state index contributed by atoms with van der Waals surface area (Å²) in [6.45, 7) is 8.27. The van der Waals surface area contributed by atoms with Gasteiger partial charge in [0.2, 0.25) is 0 Å². The predicted octanol–water partition coefficient (Wildman–Crippen LogP) is 3.51. The highest BCUT2D eigenvalue weighted by Crippen LogP contribution is 2.38. The number of nitrogens with two attached hydrogens (primary N) is 2. The van der Waals surface area contributed by atoms with Crippen molar-refractivity contribution in [3.8, 4) is 0 Å². The van der Waals surface area contributed by atoms with Crippen LogP contribution in [0.1, 0.15) is 27.7 Å². The number of nitrogen functional groups attached to an aromatic ring is 2. The number of hydrogen-bond donors (Lipinski definition) is 2. The Bertz CT molecular complexity index is 455. The molecule has 0 aliphatic heterocycles. The Kier molecular flexibility index (Phi) is 4.01. The van der Waals surface area contributed by atoms with Crippen molar-refractivity contribution in [1.82, 2.24) is 0 Å². The molecule has 102 valence electrons. The van der Waals surface area contributed by atoms with Crippen LogP contribution >= 0.6 is 11.6 Å². The van der Waals surface area contributed by atoms with Gasteiger partial charge >= 0.3 is 0 Å². The summed E-state index contributed by atoms with van der Waals surface area (Å²) in [6, 6.07) is 1.58. The van der Waals surface area contributed by atoms with E-state index in [0.717, 1.165) is 0 Å². The molecule has 1 aromatic rings. The highest BCUT2D eigenvalue weighted by Gasteiger charge is 2.28. The molecule has 0 fully saturated rings. The predicted molar refractivity (Wildman–Crippen MR) is 77.6 cm³/mol. The Hall–Kier alpha value is -1.16. The maximum Gasteiger partial charge on any atom is 0.169 e. The lowest BCUT2D eigenvalue weighted by molar-refractivity contribution is 0.328. The number of rotatable bonds is 2. The fourth-order valence-electron chi connectivity index (χ4n) is 1.79. The first-order valence-corrected chi connectivity index (χ1v) is 6.21. The molecule has 0 bridgehead atoms. The molecule has 0 amide bonds. The van der Waals surface area contributed by atoms with Crippen LogP contribution in [0.25, 0.3) is 0 Å². The van der Waals surface area contributed by atoms with E-state index < -0.39 is 5.82 Å². The van der Waals surface area contributed by atoms with Gasteiger partial charge in [-0.15, -0.1) is 0 Å². The summed E-state index contributed by atoms with van der Waals surface area (Å²) in [4.78, 5) is 1.80. The molecule has 1 atom stereocenters. The summed E-state index contributed by atoms with van der Waals surface area (Å²) in [5.74, 6) is -0.562. The summed E-state index contributed by atoms with van der Waals surface area (Å²) in [5, 5.41) is -0.0767. The first-order valence-electron chi connectivity index (χ1n) is 5.83. The molecule has 0 aliphatic carbocycles. The van der Waals surface area contributed by atoms with Gasteiger partial charge in [-0.1, -0.05) is 32.4 Å². The van der Waals surface area contributed by atoms with Gasteiger partial charge < -0.3 is 16.4 Å². The zero-order valence-corrected chi connectivity index (χ0v) is 12.3. The standard InChI is InChI=1S/C13H21ClFN3/c1-7(13(2,3)4)18(5)12-9(17)6-8(16)10(14)11(12)15/h6-7H,16-17H2,1-5H3. The SMILES string of the molecule is CC(N(C)c1c(N)cc(N)c(Cl)c1F)C(C)(C)C. The molecule has 0 saturated heterocycles. The van der Waals surface area contributed by atoms with Crippen LogP contribution < -0.4 is 16.4 Å². The van der Waals surface area contributed by atoms with Gasteiger partial charge in [-0.2, -0.15) is 0 Å². The molecule has 0 saturated carbocycles. The quantitative estimate of drug-likeness (QED) is 0.811. The number of hydrogen-bond acceptors (Lipinski definition) is 3. The van der Waals surface area contributed by atoms with Crippen LogP contribution in [0.15, 0.2) is 6.07 Å². The first-order chi connectivity index (χ1) is 8.07. The van der Waals surface area contributed by atoms with Crippen molar-refractivity contribution in [2.24, 2.45) is 5.41 Å². The smallest absolute Gasteiger partial charge is 0.169 e. The number of nitrogens with zero attached hydrogens (tertiary/aromatic N) is 1. The van der Waals surface area contributed by atoms with Crippen molar-refractivity contribution in [2.75, 3.05) is 23.4 Å². The molecule has 4 N–H and O–H groups in total. The van der Waals surface area contributed by atoms with E-state index in [1.54, 1.807) is 11.9 Å². The average molecular weight is 274 g/mol. The molecule has 5 heteroatoms. The van der Waals surface area contributed by atoms with Gasteiger partial charge in [0.05, 0.1) is 17.1 Å². The molecule has 1 unspecified atom stereocenters. The van der Waals surface area contributed by atoms with Crippen molar-refractivity contribution in [3.63, 3.8) is 0 Å². The van der Waals surface area contributed by atoms with Crippen LogP contribution in [0.3, 0.4) is 0 Å². The largest absolute Gasteiger partial charge is 0.397 e. The lowest BCUT2D eigenvalue weighted by Crippen LogP contribution is -2.40. The fraction of sp³-hybridized carbons (Fsp3) is 0.538. The second-order valence-corrected chi connectivity index (χ2v) is 6.06. The van der Waals surface area contributed by atoms with E-state index in [2.05, 4.69) is 20.8 Å². The van der Waals surface area contributed by atoms with Crippen LogP contribution in [0.2, 0.25) is 5.02 Å². The average Bonchev–Trinajstić information content (AvgIpc) is 2.23. The topological polar surface area (TPSA) is 55.3 Å². The highest BCUT2D eigenvalue weighted by molar-refractivity contribution is 6.33. The van der Waals surface area contributed by atoms with E-state index in [0.29, 0.717) is 11.4 Å². The van der Waals surface area contributed by atoms with Gasteiger partial charge in [-0.3, -0.25) is 0 Å². The Balaban J connectivity index is 3.30. The number of benzene rings is 1. The maximum atomic E-state index is 14.2. The van der Waals surface area contributed by atoms with E-state index in [1.165, 1.54) is 6.07 Å². The molecule has 3 nitrogen and oxygen atoms in total. The van der Waals surface area contributed by atoms with Crippen LogP contribution in [0.4, 0.5) is 21.5 Å². The van der Waals surface area contributed by atoms with E-state index in [4.69, 9.17) is 23.1 Å². The van der Waals surface area contributed by atoms with Crippen LogP contribution in [0.5, 0.6) is 0 Å². The van der Waals surface area contributed by atoms with E-state index >= 15 is 0 Å². The van der Waals surface area contributed by atoms with E-state index in [-0.39, 0.29) is 22.2 Å². The molecular weight excluding hydrogens is 253 g/mol. The lowest BCUT2D eigenvalue weighted by atomic mass is 9.87. The second-order valence-electron chi connectivity index (χ2n) is 5.68. The number of halogens is 2. The van der Waals surface area contributed by atoms with Gasteiger partial charge in [0.25, 0.3) is 0 Å². The molecule has 0 radical (unpaired) electrons. The summed E-state index contributed by atoms with van der Waals surface area (Å²) >= 11 is 5.84. The normalized spacial score (nSPS) is 13.5. The summed E-state index contributed by atoms with van der Waals surface area (Å²) < 4.78 is 14.2. The minimum atomic E-state index is -0.562. The van der Waals surface area contributed by atoms with E-state index in [9.17, 15) is 4.39 Å². The Labute approximate surface area is 113 Å². The van der Waals surface area contributed by atoms with Gasteiger partial charge in [-0.25, -0.2) is 4.39 Å². The lowest BCUT2D eigenvalue weighted by Gasteiger charge is -2.37. The van der Waals surface area contributed by atoms with Crippen LogP contribution in [-0.4, -0.2) is 13.1 Å². The molecule has 0 spiro atoms. The highest BCUT2D eigenvalue weighted by atomic mass is 35.5. The maximum absolute atomic E-state index is 14.2. The van der Waals surface area contributed by atoms with Gasteiger partial charge in [0.1, 0.15) is 5.02 Å². The van der Waals surface area contributed by atoms with Crippen molar-refractivity contribution >= 4 is 28.7 Å². The second kappa shape index (κ2) is 4.84. The minimum Gasteiger partial charge on any atom is -0.397 e.